The van der Waals surface area contributed by atoms with Gasteiger partial charge in [-0.25, -0.2) is 9.78 Å². The lowest BCUT2D eigenvalue weighted by Gasteiger charge is -2.33. The molecule has 7 heteroatoms. The van der Waals surface area contributed by atoms with Crippen LogP contribution in [-0.2, 0) is 11.3 Å². The largest absolute Gasteiger partial charge is 0.374 e. The van der Waals surface area contributed by atoms with Crippen LogP contribution in [0.25, 0.3) is 0 Å². The fourth-order valence-electron chi connectivity index (χ4n) is 2.52. The number of aromatic nitrogens is 1. The Labute approximate surface area is 136 Å². The van der Waals surface area contributed by atoms with Crippen molar-refractivity contribution in [3.63, 3.8) is 0 Å². The summed E-state index contributed by atoms with van der Waals surface area (Å²) in [6, 6.07) is -0.171. The summed E-state index contributed by atoms with van der Waals surface area (Å²) < 4.78 is 5.71. The molecule has 0 aliphatic carbocycles. The van der Waals surface area contributed by atoms with E-state index in [0.717, 1.165) is 36.9 Å². The van der Waals surface area contributed by atoms with E-state index in [-0.39, 0.29) is 12.1 Å². The van der Waals surface area contributed by atoms with Gasteiger partial charge in [0.2, 0.25) is 0 Å². The van der Waals surface area contributed by atoms with E-state index >= 15 is 0 Å². The summed E-state index contributed by atoms with van der Waals surface area (Å²) >= 11 is 1.59. The molecule has 0 bridgehead atoms. The van der Waals surface area contributed by atoms with E-state index < -0.39 is 0 Å². The summed E-state index contributed by atoms with van der Waals surface area (Å²) in [5.41, 5.74) is 0.898. The van der Waals surface area contributed by atoms with Gasteiger partial charge in [0.1, 0.15) is 0 Å². The molecule has 2 heterocycles. The molecule has 0 spiro atoms. The third kappa shape index (κ3) is 5.90. The van der Waals surface area contributed by atoms with E-state index in [9.17, 15) is 4.79 Å². The second-order valence-corrected chi connectivity index (χ2v) is 7.13. The van der Waals surface area contributed by atoms with Crippen molar-refractivity contribution in [2.75, 3.05) is 32.8 Å². The van der Waals surface area contributed by atoms with Crippen molar-refractivity contribution >= 4 is 17.4 Å². The maximum Gasteiger partial charge on any atom is 0.315 e. The summed E-state index contributed by atoms with van der Waals surface area (Å²) in [5, 5.41) is 8.67. The van der Waals surface area contributed by atoms with Crippen LogP contribution in [0, 0.1) is 12.8 Å². The normalized spacial score (nSPS) is 19.4. The van der Waals surface area contributed by atoms with Gasteiger partial charge in [0.05, 0.1) is 30.0 Å². The van der Waals surface area contributed by atoms with Gasteiger partial charge < -0.3 is 15.4 Å². The average Bonchev–Trinajstić information content (AvgIpc) is 2.88. The van der Waals surface area contributed by atoms with Gasteiger partial charge in [0, 0.05) is 31.6 Å². The summed E-state index contributed by atoms with van der Waals surface area (Å²) in [6.07, 6.45) is 0.0692. The molecule has 124 valence electrons. The molecule has 6 nitrogen and oxygen atoms in total. The highest BCUT2D eigenvalue weighted by molar-refractivity contribution is 7.09. The van der Waals surface area contributed by atoms with Crippen LogP contribution in [0.5, 0.6) is 0 Å². The quantitative estimate of drug-likeness (QED) is 0.833. The number of nitrogens with zero attached hydrogens (tertiary/aromatic N) is 2. The van der Waals surface area contributed by atoms with Crippen LogP contribution in [0.3, 0.4) is 0 Å². The van der Waals surface area contributed by atoms with E-state index in [2.05, 4.69) is 34.4 Å². The van der Waals surface area contributed by atoms with Crippen LogP contribution in [0.15, 0.2) is 5.38 Å². The van der Waals surface area contributed by atoms with E-state index in [0.29, 0.717) is 19.0 Å². The van der Waals surface area contributed by atoms with Gasteiger partial charge in [-0.3, -0.25) is 4.90 Å². The number of ether oxygens (including phenoxy) is 1. The Bertz CT molecular complexity index is 478. The maximum absolute atomic E-state index is 11.8. The number of hydrogen-bond acceptors (Lipinski definition) is 5. The molecule has 2 amide bonds. The van der Waals surface area contributed by atoms with Gasteiger partial charge in [-0.05, 0) is 12.8 Å². The predicted molar refractivity (Wildman–Crippen MR) is 88.1 cm³/mol. The number of aryl methyl sites for hydroxylation is 1. The maximum atomic E-state index is 11.8. The second-order valence-electron chi connectivity index (χ2n) is 6.07. The highest BCUT2D eigenvalue weighted by atomic mass is 32.1. The number of morpholine rings is 1. The zero-order valence-electron chi connectivity index (χ0n) is 13.6. The van der Waals surface area contributed by atoms with Crippen molar-refractivity contribution in [1.29, 1.82) is 0 Å². The third-order valence-electron chi connectivity index (χ3n) is 3.43. The van der Waals surface area contributed by atoms with Crippen molar-refractivity contribution in [3.05, 3.63) is 16.1 Å². The molecule has 1 fully saturated rings. The summed E-state index contributed by atoms with van der Waals surface area (Å²) in [7, 11) is 0. The van der Waals surface area contributed by atoms with E-state index in [4.69, 9.17) is 4.74 Å². The molecule has 0 saturated carbocycles. The lowest BCUT2D eigenvalue weighted by Crippen LogP contribution is -2.49. The Morgan fingerprint density at radius 2 is 2.36 bits per heavy atom. The molecular formula is C15H26N4O2S. The topological polar surface area (TPSA) is 66.5 Å². The molecule has 0 aromatic carbocycles. The molecule has 1 aromatic heterocycles. The smallest absolute Gasteiger partial charge is 0.315 e. The molecule has 1 aromatic rings. The molecule has 1 saturated heterocycles. The van der Waals surface area contributed by atoms with E-state index in [1.165, 1.54) is 0 Å². The molecule has 2 N–H and O–H groups in total. The van der Waals surface area contributed by atoms with Gasteiger partial charge in [0.15, 0.2) is 0 Å². The van der Waals surface area contributed by atoms with Crippen LogP contribution >= 0.6 is 11.3 Å². The minimum atomic E-state index is -0.171. The lowest BCUT2D eigenvalue weighted by molar-refractivity contribution is -0.0290. The summed E-state index contributed by atoms with van der Waals surface area (Å²) in [6.45, 7) is 11.1. The highest BCUT2D eigenvalue weighted by Gasteiger charge is 2.21. The first-order chi connectivity index (χ1) is 10.5. The van der Waals surface area contributed by atoms with Crippen LogP contribution in [0.1, 0.15) is 24.5 Å². The molecule has 1 aliphatic rings. The van der Waals surface area contributed by atoms with Crippen molar-refractivity contribution in [2.45, 2.75) is 33.4 Å². The Kier molecular flexibility index (Phi) is 6.60. The molecule has 2 rings (SSSR count). The van der Waals surface area contributed by atoms with Gasteiger partial charge >= 0.3 is 6.03 Å². The first-order valence-corrected chi connectivity index (χ1v) is 8.67. The monoisotopic (exact) mass is 326 g/mol. The Morgan fingerprint density at radius 3 is 3.05 bits per heavy atom. The number of carbonyl (C=O) groups excluding carboxylic acids is 1. The molecule has 1 aliphatic heterocycles. The fraction of sp³-hybridized carbons (Fsp3) is 0.733. The van der Waals surface area contributed by atoms with Gasteiger partial charge in [-0.2, -0.15) is 0 Å². The minimum Gasteiger partial charge on any atom is -0.374 e. The Hall–Kier alpha value is -1.18. The van der Waals surface area contributed by atoms with Gasteiger partial charge in [-0.15, -0.1) is 11.3 Å². The number of amides is 2. The SMILES string of the molecule is Cc1nc(CNC(=O)NCC2CN(CC(C)C)CCO2)cs1. The highest BCUT2D eigenvalue weighted by Crippen LogP contribution is 2.08. The van der Waals surface area contributed by atoms with Crippen LogP contribution < -0.4 is 10.6 Å². The molecule has 22 heavy (non-hydrogen) atoms. The number of urea groups is 1. The summed E-state index contributed by atoms with van der Waals surface area (Å²) in [4.78, 5) is 18.5. The molecule has 1 unspecified atom stereocenters. The minimum absolute atomic E-state index is 0.0692. The van der Waals surface area contributed by atoms with E-state index in [1.54, 1.807) is 11.3 Å². The van der Waals surface area contributed by atoms with Crippen LogP contribution in [-0.4, -0.2) is 54.8 Å². The van der Waals surface area contributed by atoms with E-state index in [1.807, 2.05) is 12.3 Å². The Morgan fingerprint density at radius 1 is 1.55 bits per heavy atom. The number of hydrogen-bond donors (Lipinski definition) is 2. The zero-order valence-corrected chi connectivity index (χ0v) is 14.4. The van der Waals surface area contributed by atoms with Crippen LogP contribution in [0.4, 0.5) is 4.79 Å². The van der Waals surface area contributed by atoms with Crippen molar-refractivity contribution in [2.24, 2.45) is 5.92 Å². The molecule has 1 atom stereocenters. The number of rotatable bonds is 6. The number of carbonyl (C=O) groups is 1. The van der Waals surface area contributed by atoms with Gasteiger partial charge in [-0.1, -0.05) is 13.8 Å². The number of nitrogens with one attached hydrogen (secondary N) is 2. The fourth-order valence-corrected chi connectivity index (χ4v) is 3.13. The standard InChI is InChI=1S/C15H26N4O2S/c1-11(2)8-19-4-5-21-14(9-19)7-17-15(20)16-6-13-10-22-12(3)18-13/h10-11,14H,4-9H2,1-3H3,(H2,16,17,20). The third-order valence-corrected chi connectivity index (χ3v) is 4.26. The first-order valence-electron chi connectivity index (χ1n) is 7.79. The van der Waals surface area contributed by atoms with Gasteiger partial charge in [0.25, 0.3) is 0 Å². The lowest BCUT2D eigenvalue weighted by atomic mass is 10.2. The number of thiazole rings is 1. The molecular weight excluding hydrogens is 300 g/mol. The zero-order chi connectivity index (χ0) is 15.9. The predicted octanol–water partition coefficient (Wildman–Crippen LogP) is 1.61. The molecule has 0 radical (unpaired) electrons. The summed E-state index contributed by atoms with van der Waals surface area (Å²) in [5.74, 6) is 0.650. The second kappa shape index (κ2) is 8.45. The van der Waals surface area contributed by atoms with Crippen molar-refractivity contribution in [1.82, 2.24) is 20.5 Å². The van der Waals surface area contributed by atoms with Crippen molar-refractivity contribution < 1.29 is 9.53 Å². The Balaban J connectivity index is 1.65. The van der Waals surface area contributed by atoms with Crippen LogP contribution in [0.2, 0.25) is 0 Å². The first kappa shape index (κ1) is 17.2. The average molecular weight is 326 g/mol. The van der Waals surface area contributed by atoms with Crippen molar-refractivity contribution in [3.8, 4) is 0 Å².